The average Bonchev–Trinajstić information content (AvgIpc) is 3.02. The SMILES string of the molecule is O=S(=O)(Cc1sccc1-c1ccccc1)c1ccc(C(F)(F)F)cc1. The van der Waals surface area contributed by atoms with E-state index in [0.717, 1.165) is 35.4 Å². The van der Waals surface area contributed by atoms with E-state index in [2.05, 4.69) is 0 Å². The Balaban J connectivity index is 1.90. The number of benzene rings is 2. The summed E-state index contributed by atoms with van der Waals surface area (Å²) in [6.45, 7) is 0. The van der Waals surface area contributed by atoms with Crippen LogP contribution in [0.1, 0.15) is 10.4 Å². The lowest BCUT2D eigenvalue weighted by Crippen LogP contribution is -2.07. The highest BCUT2D eigenvalue weighted by atomic mass is 32.2. The Morgan fingerprint density at radius 2 is 1.52 bits per heavy atom. The summed E-state index contributed by atoms with van der Waals surface area (Å²) in [5.74, 6) is -0.250. The predicted octanol–water partition coefficient (Wildman–Crippen LogP) is 5.41. The Kier molecular flexibility index (Phi) is 4.71. The topological polar surface area (TPSA) is 34.1 Å². The molecule has 0 saturated carbocycles. The quantitative estimate of drug-likeness (QED) is 0.605. The number of rotatable bonds is 4. The highest BCUT2D eigenvalue weighted by Crippen LogP contribution is 2.33. The first kappa shape index (κ1) is 17.7. The molecular formula is C18H13F3O2S2. The van der Waals surface area contributed by atoms with Crippen molar-refractivity contribution in [1.82, 2.24) is 0 Å². The van der Waals surface area contributed by atoms with Crippen LogP contribution in [-0.4, -0.2) is 8.42 Å². The van der Waals surface area contributed by atoms with Crippen LogP contribution in [0.5, 0.6) is 0 Å². The maximum absolute atomic E-state index is 12.6. The van der Waals surface area contributed by atoms with Gasteiger partial charge in [0.2, 0.25) is 0 Å². The van der Waals surface area contributed by atoms with Gasteiger partial charge in [0.05, 0.1) is 16.2 Å². The minimum Gasteiger partial charge on any atom is -0.223 e. The van der Waals surface area contributed by atoms with E-state index in [0.29, 0.717) is 4.88 Å². The standard InChI is InChI=1S/C18H13F3O2S2/c19-18(20,21)14-6-8-15(9-7-14)25(22,23)12-17-16(10-11-24-17)13-4-2-1-3-5-13/h1-11H,12H2. The fourth-order valence-electron chi connectivity index (χ4n) is 2.43. The molecule has 1 aromatic heterocycles. The Hall–Kier alpha value is -2.12. The molecule has 3 rings (SSSR count). The van der Waals surface area contributed by atoms with Crippen molar-refractivity contribution < 1.29 is 21.6 Å². The first-order chi connectivity index (χ1) is 11.8. The predicted molar refractivity (Wildman–Crippen MR) is 92.1 cm³/mol. The number of halogens is 3. The summed E-state index contributed by atoms with van der Waals surface area (Å²) in [5.41, 5.74) is 0.856. The number of sulfone groups is 1. The van der Waals surface area contributed by atoms with E-state index in [1.54, 1.807) is 5.38 Å². The lowest BCUT2D eigenvalue weighted by Gasteiger charge is -2.09. The van der Waals surface area contributed by atoms with Gasteiger partial charge < -0.3 is 0 Å². The maximum atomic E-state index is 12.6. The van der Waals surface area contributed by atoms with Crippen molar-refractivity contribution >= 4 is 21.2 Å². The van der Waals surface area contributed by atoms with Crippen molar-refractivity contribution in [3.8, 4) is 11.1 Å². The van der Waals surface area contributed by atoms with Crippen LogP contribution in [-0.2, 0) is 21.8 Å². The summed E-state index contributed by atoms with van der Waals surface area (Å²) in [6, 6.07) is 14.8. The second-order valence-corrected chi connectivity index (χ2v) is 8.39. The van der Waals surface area contributed by atoms with E-state index in [1.807, 2.05) is 36.4 Å². The van der Waals surface area contributed by atoms with E-state index < -0.39 is 21.6 Å². The van der Waals surface area contributed by atoms with Crippen molar-refractivity contribution in [2.45, 2.75) is 16.8 Å². The lowest BCUT2D eigenvalue weighted by molar-refractivity contribution is -0.137. The molecule has 0 fully saturated rings. The molecule has 2 nitrogen and oxygen atoms in total. The van der Waals surface area contributed by atoms with Gasteiger partial charge in [-0.25, -0.2) is 8.42 Å². The van der Waals surface area contributed by atoms with Crippen LogP contribution in [0.4, 0.5) is 13.2 Å². The van der Waals surface area contributed by atoms with E-state index >= 15 is 0 Å². The van der Waals surface area contributed by atoms with Gasteiger partial charge in [-0.3, -0.25) is 0 Å². The number of thiophene rings is 1. The van der Waals surface area contributed by atoms with Gasteiger partial charge in [0.15, 0.2) is 9.84 Å². The van der Waals surface area contributed by atoms with E-state index in [-0.39, 0.29) is 10.6 Å². The molecule has 0 aliphatic heterocycles. The number of hydrogen-bond donors (Lipinski definition) is 0. The van der Waals surface area contributed by atoms with E-state index in [4.69, 9.17) is 0 Å². The van der Waals surface area contributed by atoms with Gasteiger partial charge in [-0.05, 0) is 46.8 Å². The van der Waals surface area contributed by atoms with Crippen LogP contribution in [0.25, 0.3) is 11.1 Å². The fraction of sp³-hybridized carbons (Fsp3) is 0.111. The summed E-state index contributed by atoms with van der Waals surface area (Å²) in [6.07, 6.45) is -4.49. The molecule has 0 amide bonds. The smallest absolute Gasteiger partial charge is 0.223 e. The van der Waals surface area contributed by atoms with Crippen molar-refractivity contribution in [3.63, 3.8) is 0 Å². The second-order valence-electron chi connectivity index (χ2n) is 5.40. The third-order valence-corrected chi connectivity index (χ3v) is 6.45. The van der Waals surface area contributed by atoms with Crippen molar-refractivity contribution in [2.24, 2.45) is 0 Å². The largest absolute Gasteiger partial charge is 0.416 e. The molecule has 3 aromatic rings. The van der Waals surface area contributed by atoms with E-state index in [9.17, 15) is 21.6 Å². The normalized spacial score (nSPS) is 12.3. The zero-order valence-corrected chi connectivity index (χ0v) is 14.5. The summed E-state index contributed by atoms with van der Waals surface area (Å²) in [4.78, 5) is 0.541. The van der Waals surface area contributed by atoms with Crippen LogP contribution in [0.15, 0.2) is 70.9 Å². The van der Waals surface area contributed by atoms with Crippen molar-refractivity contribution in [3.05, 3.63) is 76.5 Å². The Bertz CT molecular complexity index is 958. The molecule has 2 aromatic carbocycles. The molecule has 0 aliphatic carbocycles. The Morgan fingerprint density at radius 1 is 0.880 bits per heavy atom. The molecule has 0 bridgehead atoms. The van der Waals surface area contributed by atoms with Gasteiger partial charge in [-0.2, -0.15) is 13.2 Å². The zero-order chi connectivity index (χ0) is 18.1. The second kappa shape index (κ2) is 6.65. The molecule has 1 heterocycles. The molecule has 7 heteroatoms. The van der Waals surface area contributed by atoms with Gasteiger partial charge in [-0.15, -0.1) is 11.3 Å². The van der Waals surface area contributed by atoms with Crippen LogP contribution in [0.2, 0.25) is 0 Å². The molecule has 0 N–H and O–H groups in total. The molecule has 25 heavy (non-hydrogen) atoms. The molecular weight excluding hydrogens is 369 g/mol. The lowest BCUT2D eigenvalue weighted by atomic mass is 10.1. The summed E-state index contributed by atoms with van der Waals surface area (Å²) in [7, 11) is -3.73. The van der Waals surface area contributed by atoms with Gasteiger partial charge in [0.25, 0.3) is 0 Å². The molecule has 0 spiro atoms. The van der Waals surface area contributed by atoms with Crippen LogP contribution in [0.3, 0.4) is 0 Å². The summed E-state index contributed by atoms with van der Waals surface area (Å²) < 4.78 is 63.0. The van der Waals surface area contributed by atoms with Crippen LogP contribution >= 0.6 is 11.3 Å². The average molecular weight is 382 g/mol. The minimum atomic E-state index is -4.49. The minimum absolute atomic E-state index is 0.118. The highest BCUT2D eigenvalue weighted by Gasteiger charge is 2.30. The van der Waals surface area contributed by atoms with E-state index in [1.165, 1.54) is 11.3 Å². The third kappa shape index (κ3) is 3.93. The van der Waals surface area contributed by atoms with Crippen molar-refractivity contribution in [2.75, 3.05) is 0 Å². The third-order valence-electron chi connectivity index (χ3n) is 3.69. The molecule has 0 saturated heterocycles. The van der Waals surface area contributed by atoms with Gasteiger partial charge in [0, 0.05) is 4.88 Å². The molecule has 0 atom stereocenters. The Labute approximate surface area is 147 Å². The van der Waals surface area contributed by atoms with Gasteiger partial charge in [-0.1, -0.05) is 30.3 Å². The Morgan fingerprint density at radius 3 is 2.12 bits per heavy atom. The first-order valence-electron chi connectivity index (χ1n) is 7.29. The van der Waals surface area contributed by atoms with Crippen LogP contribution in [0, 0.1) is 0 Å². The van der Waals surface area contributed by atoms with Crippen LogP contribution < -0.4 is 0 Å². The van der Waals surface area contributed by atoms with Crippen molar-refractivity contribution in [1.29, 1.82) is 0 Å². The molecule has 0 radical (unpaired) electrons. The van der Waals surface area contributed by atoms with Gasteiger partial charge >= 0.3 is 6.18 Å². The zero-order valence-electron chi connectivity index (χ0n) is 12.8. The molecule has 0 aliphatic rings. The van der Waals surface area contributed by atoms with Gasteiger partial charge in [0.1, 0.15) is 0 Å². The monoisotopic (exact) mass is 382 g/mol. The summed E-state index contributed by atoms with van der Waals surface area (Å²) >= 11 is 1.31. The first-order valence-corrected chi connectivity index (χ1v) is 9.82. The summed E-state index contributed by atoms with van der Waals surface area (Å²) in [5, 5.41) is 1.81. The maximum Gasteiger partial charge on any atom is 0.416 e. The number of alkyl halides is 3. The molecule has 130 valence electrons. The number of hydrogen-bond acceptors (Lipinski definition) is 3. The highest BCUT2D eigenvalue weighted by molar-refractivity contribution is 7.90. The fourth-order valence-corrected chi connectivity index (χ4v) is 5.07. The molecule has 0 unspecified atom stereocenters.